The van der Waals surface area contributed by atoms with Crippen LogP contribution in [0, 0.1) is 0 Å². The minimum atomic E-state index is -1.37. The Hall–Kier alpha value is -4.15. The first kappa shape index (κ1) is 24.0. The van der Waals surface area contributed by atoms with Gasteiger partial charge in [-0.2, -0.15) is 0 Å². The first-order valence-corrected chi connectivity index (χ1v) is 10.9. The summed E-state index contributed by atoms with van der Waals surface area (Å²) in [6.07, 6.45) is 0.742. The maximum Gasteiger partial charge on any atom is 0.325 e. The third-order valence-corrected chi connectivity index (χ3v) is 5.85. The van der Waals surface area contributed by atoms with Crippen molar-refractivity contribution in [2.24, 2.45) is 0 Å². The van der Waals surface area contributed by atoms with Crippen molar-refractivity contribution >= 4 is 23.5 Å². The fourth-order valence-electron chi connectivity index (χ4n) is 4.01. The molecule has 4 amide bonds. The molecule has 0 aliphatic carbocycles. The van der Waals surface area contributed by atoms with Crippen molar-refractivity contribution in [2.75, 3.05) is 46.4 Å². The first-order valence-electron chi connectivity index (χ1n) is 10.9. The second-order valence-electron chi connectivity index (χ2n) is 8.12. The van der Waals surface area contributed by atoms with Gasteiger partial charge in [0.1, 0.15) is 12.1 Å². The Morgan fingerprint density at radius 2 is 1.69 bits per heavy atom. The normalized spacial score (nSPS) is 19.0. The topological polar surface area (TPSA) is 125 Å². The molecule has 0 spiro atoms. The lowest BCUT2D eigenvalue weighted by atomic mass is 9.91. The zero-order chi connectivity index (χ0) is 25.2. The van der Waals surface area contributed by atoms with Gasteiger partial charge in [-0.25, -0.2) is 4.79 Å². The molecule has 0 aromatic heterocycles. The van der Waals surface area contributed by atoms with Crippen LogP contribution < -0.4 is 34.3 Å². The number of rotatable bonds is 7. The van der Waals surface area contributed by atoms with E-state index in [4.69, 9.17) is 23.7 Å². The Bertz CT molecular complexity index is 1140. The summed E-state index contributed by atoms with van der Waals surface area (Å²) >= 11 is 0. The summed E-state index contributed by atoms with van der Waals surface area (Å²) in [5.41, 5.74) is -0.496. The molecule has 0 bridgehead atoms. The second kappa shape index (κ2) is 9.61. The van der Waals surface area contributed by atoms with Crippen LogP contribution in [0.3, 0.4) is 0 Å². The number of anilines is 1. The molecule has 2 aromatic rings. The highest BCUT2D eigenvalue weighted by molar-refractivity contribution is 6.10. The molecule has 2 aromatic carbocycles. The summed E-state index contributed by atoms with van der Waals surface area (Å²) in [6, 6.07) is 7.51. The molecule has 1 fully saturated rings. The Morgan fingerprint density at radius 3 is 2.31 bits per heavy atom. The van der Waals surface area contributed by atoms with Gasteiger partial charge in [0, 0.05) is 24.2 Å². The SMILES string of the molecule is COc1cc(NC(=O)CN2C(=O)NC(C)(c3ccc4c(c3)OCCCO4)C2=O)cc(OC)c1OC. The highest BCUT2D eigenvalue weighted by Crippen LogP contribution is 2.40. The monoisotopic (exact) mass is 485 g/mol. The maximum absolute atomic E-state index is 13.3. The van der Waals surface area contributed by atoms with Gasteiger partial charge in [-0.1, -0.05) is 6.07 Å². The minimum absolute atomic E-state index is 0.346. The maximum atomic E-state index is 13.3. The van der Waals surface area contributed by atoms with E-state index in [0.717, 1.165) is 11.3 Å². The van der Waals surface area contributed by atoms with Gasteiger partial charge >= 0.3 is 6.03 Å². The number of amides is 4. The van der Waals surface area contributed by atoms with Crippen LogP contribution in [-0.4, -0.2) is 63.8 Å². The molecule has 1 unspecified atom stereocenters. The Balaban J connectivity index is 1.51. The summed E-state index contributed by atoms with van der Waals surface area (Å²) in [4.78, 5) is 39.6. The molecule has 186 valence electrons. The molecule has 11 heteroatoms. The Morgan fingerprint density at radius 1 is 1.03 bits per heavy atom. The van der Waals surface area contributed by atoms with Crippen molar-refractivity contribution in [2.45, 2.75) is 18.9 Å². The number of fused-ring (bicyclic) bond motifs is 1. The van der Waals surface area contributed by atoms with E-state index in [1.54, 1.807) is 37.3 Å². The molecule has 11 nitrogen and oxygen atoms in total. The molecule has 35 heavy (non-hydrogen) atoms. The zero-order valence-corrected chi connectivity index (χ0v) is 19.9. The summed E-state index contributed by atoms with van der Waals surface area (Å²) in [6.45, 7) is 2.12. The van der Waals surface area contributed by atoms with E-state index in [1.165, 1.54) is 21.3 Å². The quantitative estimate of drug-likeness (QED) is 0.573. The van der Waals surface area contributed by atoms with Crippen molar-refractivity contribution in [1.82, 2.24) is 10.2 Å². The highest BCUT2D eigenvalue weighted by Gasteiger charge is 2.49. The van der Waals surface area contributed by atoms with Crippen molar-refractivity contribution in [1.29, 1.82) is 0 Å². The van der Waals surface area contributed by atoms with Gasteiger partial charge in [0.05, 0.1) is 34.5 Å². The molecule has 2 aliphatic rings. The smallest absolute Gasteiger partial charge is 0.325 e. The number of ether oxygens (including phenoxy) is 5. The third kappa shape index (κ3) is 4.48. The fraction of sp³-hybridized carbons (Fsp3) is 0.375. The van der Waals surface area contributed by atoms with Gasteiger partial charge in [-0.15, -0.1) is 0 Å². The average Bonchev–Trinajstić information content (AvgIpc) is 3.01. The average molecular weight is 485 g/mol. The van der Waals surface area contributed by atoms with E-state index in [9.17, 15) is 14.4 Å². The van der Waals surface area contributed by atoms with Crippen molar-refractivity contribution < 1.29 is 38.1 Å². The molecule has 1 saturated heterocycles. The van der Waals surface area contributed by atoms with Crippen LogP contribution in [0.4, 0.5) is 10.5 Å². The highest BCUT2D eigenvalue weighted by atomic mass is 16.5. The van der Waals surface area contributed by atoms with E-state index in [2.05, 4.69) is 10.6 Å². The summed E-state index contributed by atoms with van der Waals surface area (Å²) in [5.74, 6) is 1.00. The van der Waals surface area contributed by atoms with Crippen molar-refractivity contribution in [3.8, 4) is 28.7 Å². The molecule has 0 radical (unpaired) electrons. The zero-order valence-electron chi connectivity index (χ0n) is 19.9. The standard InChI is InChI=1S/C24H27N3O8/c1-24(14-6-7-16-17(10-14)35-9-5-8-34-16)22(29)27(23(30)26-24)13-20(28)25-15-11-18(31-2)21(33-4)19(12-15)32-3/h6-7,10-12H,5,8-9,13H2,1-4H3,(H,25,28)(H,26,30). The number of hydrogen-bond donors (Lipinski definition) is 2. The molecule has 2 heterocycles. The van der Waals surface area contributed by atoms with Crippen LogP contribution >= 0.6 is 0 Å². The second-order valence-corrected chi connectivity index (χ2v) is 8.12. The van der Waals surface area contributed by atoms with E-state index in [1.807, 2.05) is 0 Å². The van der Waals surface area contributed by atoms with E-state index < -0.39 is 29.9 Å². The number of urea groups is 1. The number of nitrogens with zero attached hydrogens (tertiary/aromatic N) is 1. The summed E-state index contributed by atoms with van der Waals surface area (Å²) in [5, 5.41) is 5.35. The van der Waals surface area contributed by atoms with Crippen LogP contribution in [-0.2, 0) is 15.1 Å². The van der Waals surface area contributed by atoms with Gasteiger partial charge in [0.2, 0.25) is 11.7 Å². The van der Waals surface area contributed by atoms with Crippen LogP contribution in [0.2, 0.25) is 0 Å². The lowest BCUT2D eigenvalue weighted by Gasteiger charge is -2.23. The Labute approximate surface area is 202 Å². The number of carbonyl (C=O) groups excluding carboxylic acids is 3. The molecule has 0 saturated carbocycles. The lowest BCUT2D eigenvalue weighted by Crippen LogP contribution is -2.42. The molecular formula is C24H27N3O8. The predicted octanol–water partition coefficient (Wildman–Crippen LogP) is 2.28. The van der Waals surface area contributed by atoms with E-state index in [0.29, 0.717) is 53.2 Å². The first-order chi connectivity index (χ1) is 16.8. The molecule has 2 aliphatic heterocycles. The van der Waals surface area contributed by atoms with Crippen molar-refractivity contribution in [3.63, 3.8) is 0 Å². The van der Waals surface area contributed by atoms with E-state index in [-0.39, 0.29) is 0 Å². The molecule has 4 rings (SSSR count). The van der Waals surface area contributed by atoms with E-state index >= 15 is 0 Å². The van der Waals surface area contributed by atoms with Gasteiger partial charge < -0.3 is 34.3 Å². The molecule has 1 atom stereocenters. The summed E-state index contributed by atoms with van der Waals surface area (Å²) < 4.78 is 27.2. The van der Waals surface area contributed by atoms with Gasteiger partial charge in [0.15, 0.2) is 23.0 Å². The van der Waals surface area contributed by atoms with Gasteiger partial charge in [-0.3, -0.25) is 14.5 Å². The molecular weight excluding hydrogens is 458 g/mol. The fourth-order valence-corrected chi connectivity index (χ4v) is 4.01. The third-order valence-electron chi connectivity index (χ3n) is 5.85. The van der Waals surface area contributed by atoms with Crippen LogP contribution in [0.1, 0.15) is 18.9 Å². The predicted molar refractivity (Wildman–Crippen MR) is 124 cm³/mol. The minimum Gasteiger partial charge on any atom is -0.493 e. The van der Waals surface area contributed by atoms with Crippen molar-refractivity contribution in [3.05, 3.63) is 35.9 Å². The number of nitrogens with one attached hydrogen (secondary N) is 2. The number of methoxy groups -OCH3 is 3. The number of carbonyl (C=O) groups is 3. The van der Waals surface area contributed by atoms with Crippen LogP contribution in [0.25, 0.3) is 0 Å². The Kier molecular flexibility index (Phi) is 6.59. The lowest BCUT2D eigenvalue weighted by molar-refractivity contribution is -0.133. The van der Waals surface area contributed by atoms with Crippen LogP contribution in [0.15, 0.2) is 30.3 Å². The van der Waals surface area contributed by atoms with Crippen LogP contribution in [0.5, 0.6) is 28.7 Å². The molecule has 2 N–H and O–H groups in total. The number of hydrogen-bond acceptors (Lipinski definition) is 8. The largest absolute Gasteiger partial charge is 0.493 e. The number of imide groups is 1. The van der Waals surface area contributed by atoms with Gasteiger partial charge in [0.25, 0.3) is 5.91 Å². The number of benzene rings is 2. The van der Waals surface area contributed by atoms with Gasteiger partial charge in [-0.05, 0) is 24.6 Å². The summed E-state index contributed by atoms with van der Waals surface area (Å²) in [7, 11) is 4.38.